The minimum Gasteiger partial charge on any atom is -0.373 e. The number of nitrogens with zero attached hydrogens (tertiary/aromatic N) is 1. The molecule has 1 aromatic heterocycles. The molecule has 5 fully saturated rings. The van der Waals surface area contributed by atoms with E-state index in [9.17, 15) is 0 Å². The molecule has 0 amide bonds. The number of rotatable bonds is 5. The Balaban J connectivity index is 1.16. The van der Waals surface area contributed by atoms with Crippen molar-refractivity contribution in [3.63, 3.8) is 0 Å². The van der Waals surface area contributed by atoms with Crippen LogP contribution in [0.15, 0.2) is 22.7 Å². The average molecular weight is 462 g/mol. The standard InChI is InChI=1S/C24H25Cl2NO4/c25-18-2-1-3-19(26)20(18)21-17(22(31-27-21)13-4-5-13)12-28-16-9-14-8-15-10-23(15,11-16)24(14)29-6-7-30-24/h1-3,13-16H,4-12H2/t14-,15?,16+,23?/m1/s1. The molecule has 0 N–H and O–H groups in total. The van der Waals surface area contributed by atoms with Crippen LogP contribution in [-0.2, 0) is 20.8 Å². The third-order valence-electron chi connectivity index (χ3n) is 8.32. The summed E-state index contributed by atoms with van der Waals surface area (Å²) in [5.41, 5.74) is 2.62. The second kappa shape index (κ2) is 6.71. The van der Waals surface area contributed by atoms with Gasteiger partial charge in [-0.1, -0.05) is 34.4 Å². The lowest BCUT2D eigenvalue weighted by Crippen LogP contribution is -2.51. The first-order valence-electron chi connectivity index (χ1n) is 11.4. The van der Waals surface area contributed by atoms with Crippen LogP contribution in [0.2, 0.25) is 10.0 Å². The lowest BCUT2D eigenvalue weighted by molar-refractivity contribution is -0.257. The molecule has 7 rings (SSSR count). The van der Waals surface area contributed by atoms with E-state index in [-0.39, 0.29) is 17.3 Å². The van der Waals surface area contributed by atoms with E-state index in [0.717, 1.165) is 67.4 Å². The van der Waals surface area contributed by atoms with Gasteiger partial charge in [0, 0.05) is 28.4 Å². The molecule has 2 spiro atoms. The SMILES string of the molecule is Clc1cccc(Cl)c1-c1noc(C2CC2)c1CO[C@H]1C[C@H]2CC3CC3(C1)C21OCCO1. The lowest BCUT2D eigenvalue weighted by Gasteiger charge is -2.45. The molecule has 1 saturated heterocycles. The van der Waals surface area contributed by atoms with Crippen molar-refractivity contribution in [2.45, 2.75) is 62.9 Å². The summed E-state index contributed by atoms with van der Waals surface area (Å²) in [5, 5.41) is 5.55. The fraction of sp³-hybridized carbons (Fsp3) is 0.625. The molecule has 164 valence electrons. The third kappa shape index (κ3) is 2.70. The summed E-state index contributed by atoms with van der Waals surface area (Å²) in [6.07, 6.45) is 6.89. The zero-order valence-corrected chi connectivity index (χ0v) is 18.8. The van der Waals surface area contributed by atoms with Crippen LogP contribution in [-0.4, -0.2) is 30.3 Å². The minimum atomic E-state index is -0.329. The highest BCUT2D eigenvalue weighted by Crippen LogP contribution is 2.77. The van der Waals surface area contributed by atoms with E-state index >= 15 is 0 Å². The van der Waals surface area contributed by atoms with Gasteiger partial charge in [0.2, 0.25) is 0 Å². The van der Waals surface area contributed by atoms with Crippen molar-refractivity contribution in [1.29, 1.82) is 0 Å². The van der Waals surface area contributed by atoms with E-state index in [2.05, 4.69) is 5.16 Å². The summed E-state index contributed by atoms with van der Waals surface area (Å²) >= 11 is 13.0. The first-order valence-corrected chi connectivity index (χ1v) is 12.2. The van der Waals surface area contributed by atoms with Gasteiger partial charge < -0.3 is 18.7 Å². The normalized spacial score (nSPS) is 35.0. The van der Waals surface area contributed by atoms with Gasteiger partial charge in [-0.25, -0.2) is 0 Å². The fourth-order valence-electron chi connectivity index (χ4n) is 6.80. The van der Waals surface area contributed by atoms with Gasteiger partial charge in [0.25, 0.3) is 0 Å². The summed E-state index contributed by atoms with van der Waals surface area (Å²) in [4.78, 5) is 0. The zero-order chi connectivity index (χ0) is 20.8. The molecule has 1 aromatic carbocycles. The number of halogens is 2. The van der Waals surface area contributed by atoms with Gasteiger partial charge in [-0.2, -0.15) is 0 Å². The molecule has 5 nitrogen and oxygen atoms in total. The molecule has 2 unspecified atom stereocenters. The highest BCUT2D eigenvalue weighted by Gasteiger charge is 2.79. The van der Waals surface area contributed by atoms with Crippen molar-refractivity contribution in [1.82, 2.24) is 5.16 Å². The predicted molar refractivity (Wildman–Crippen MR) is 115 cm³/mol. The van der Waals surface area contributed by atoms with E-state index in [0.29, 0.717) is 28.5 Å². The molecule has 5 aliphatic rings. The highest BCUT2D eigenvalue weighted by molar-refractivity contribution is 6.39. The fourth-order valence-corrected chi connectivity index (χ4v) is 7.38. The molecule has 1 aliphatic heterocycles. The topological polar surface area (TPSA) is 53.7 Å². The van der Waals surface area contributed by atoms with E-state index in [4.69, 9.17) is 41.9 Å². The van der Waals surface area contributed by atoms with E-state index in [1.54, 1.807) is 0 Å². The number of benzene rings is 1. The predicted octanol–water partition coefficient (Wildman–Crippen LogP) is 5.97. The maximum absolute atomic E-state index is 6.57. The van der Waals surface area contributed by atoms with Gasteiger partial charge in [-0.3, -0.25) is 0 Å². The van der Waals surface area contributed by atoms with Gasteiger partial charge in [0.05, 0.1) is 36.0 Å². The van der Waals surface area contributed by atoms with Gasteiger partial charge in [-0.05, 0) is 56.6 Å². The Morgan fingerprint density at radius 3 is 2.52 bits per heavy atom. The molecular weight excluding hydrogens is 437 g/mol. The summed E-state index contributed by atoms with van der Waals surface area (Å²) in [5.74, 6) is 2.21. The Bertz CT molecular complexity index is 1020. The van der Waals surface area contributed by atoms with Gasteiger partial charge >= 0.3 is 0 Å². The van der Waals surface area contributed by atoms with Crippen LogP contribution in [0, 0.1) is 17.3 Å². The number of aromatic nitrogens is 1. The maximum Gasteiger partial charge on any atom is 0.177 e. The Kier molecular flexibility index (Phi) is 4.19. The molecule has 31 heavy (non-hydrogen) atoms. The Hall–Kier alpha value is -1.11. The average Bonchev–Trinajstić information content (AvgIpc) is 3.59. The summed E-state index contributed by atoms with van der Waals surface area (Å²) in [7, 11) is 0. The molecule has 2 bridgehead atoms. The molecule has 4 saturated carbocycles. The Labute approximate surface area is 191 Å². The zero-order valence-electron chi connectivity index (χ0n) is 17.2. The van der Waals surface area contributed by atoms with Gasteiger partial charge in [0.15, 0.2) is 5.79 Å². The van der Waals surface area contributed by atoms with Gasteiger partial charge in [0.1, 0.15) is 11.5 Å². The Morgan fingerprint density at radius 1 is 1.03 bits per heavy atom. The van der Waals surface area contributed by atoms with Crippen LogP contribution >= 0.6 is 23.2 Å². The van der Waals surface area contributed by atoms with Crippen LogP contribution in [0.1, 0.15) is 55.8 Å². The van der Waals surface area contributed by atoms with Crippen molar-refractivity contribution >= 4 is 23.2 Å². The maximum atomic E-state index is 6.57. The molecule has 7 heteroatoms. The smallest absolute Gasteiger partial charge is 0.177 e. The van der Waals surface area contributed by atoms with Gasteiger partial charge in [-0.15, -0.1) is 0 Å². The highest BCUT2D eigenvalue weighted by atomic mass is 35.5. The van der Waals surface area contributed by atoms with Crippen molar-refractivity contribution < 1.29 is 18.7 Å². The third-order valence-corrected chi connectivity index (χ3v) is 8.95. The molecular formula is C24H25Cl2NO4. The minimum absolute atomic E-state index is 0.167. The number of hydrogen-bond donors (Lipinski definition) is 0. The summed E-state index contributed by atoms with van der Waals surface area (Å²) in [6, 6.07) is 5.52. The number of hydrogen-bond acceptors (Lipinski definition) is 5. The van der Waals surface area contributed by atoms with Crippen LogP contribution in [0.3, 0.4) is 0 Å². The molecule has 4 atom stereocenters. The Morgan fingerprint density at radius 2 is 1.81 bits per heavy atom. The van der Waals surface area contributed by atoms with E-state index in [1.807, 2.05) is 18.2 Å². The van der Waals surface area contributed by atoms with Crippen molar-refractivity contribution in [2.24, 2.45) is 17.3 Å². The summed E-state index contributed by atoms with van der Waals surface area (Å²) in [6.45, 7) is 1.92. The second-order valence-corrected chi connectivity index (χ2v) is 10.8. The molecule has 2 heterocycles. The largest absolute Gasteiger partial charge is 0.373 e. The van der Waals surface area contributed by atoms with Crippen LogP contribution in [0.5, 0.6) is 0 Å². The first-order chi connectivity index (χ1) is 15.1. The summed E-state index contributed by atoms with van der Waals surface area (Å²) < 4.78 is 24.8. The lowest BCUT2D eigenvalue weighted by atomic mass is 9.75. The van der Waals surface area contributed by atoms with Crippen LogP contribution in [0.4, 0.5) is 0 Å². The van der Waals surface area contributed by atoms with Crippen molar-refractivity contribution in [3.05, 3.63) is 39.6 Å². The van der Waals surface area contributed by atoms with Crippen molar-refractivity contribution in [3.8, 4) is 11.3 Å². The quantitative estimate of drug-likeness (QED) is 0.548. The monoisotopic (exact) mass is 461 g/mol. The second-order valence-electron chi connectivity index (χ2n) is 9.97. The van der Waals surface area contributed by atoms with E-state index < -0.39 is 0 Å². The first kappa shape index (κ1) is 19.4. The number of ether oxygens (including phenoxy) is 3. The molecule has 0 radical (unpaired) electrons. The molecule has 4 aliphatic carbocycles. The van der Waals surface area contributed by atoms with Crippen molar-refractivity contribution in [2.75, 3.05) is 13.2 Å². The molecule has 2 aromatic rings. The van der Waals surface area contributed by atoms with E-state index in [1.165, 1.54) is 12.8 Å². The van der Waals surface area contributed by atoms with Crippen LogP contribution in [0.25, 0.3) is 11.3 Å². The van der Waals surface area contributed by atoms with Crippen LogP contribution < -0.4 is 0 Å².